The number of benzene rings is 1. The van der Waals surface area contributed by atoms with Crippen LogP contribution in [0, 0.1) is 6.92 Å². The number of aromatic nitrogens is 1. The summed E-state index contributed by atoms with van der Waals surface area (Å²) in [5.41, 5.74) is 0.611. The Balaban J connectivity index is 2.47. The van der Waals surface area contributed by atoms with E-state index in [2.05, 4.69) is 0 Å². The lowest BCUT2D eigenvalue weighted by atomic mass is 10.1. The molecule has 1 aromatic carbocycles. The van der Waals surface area contributed by atoms with Crippen LogP contribution in [0.5, 0.6) is 0 Å². The third-order valence-corrected chi connectivity index (χ3v) is 5.97. The number of ether oxygens (including phenoxy) is 2. The normalized spacial score (nSPS) is 11.4. The monoisotopic (exact) mass is 387 g/mol. The van der Waals surface area contributed by atoms with Gasteiger partial charge in [-0.3, -0.25) is 0 Å². The Morgan fingerprint density at radius 3 is 2.07 bits per heavy atom. The Morgan fingerprint density at radius 2 is 1.48 bits per heavy atom. The number of aryl methyl sites for hydroxylation is 1. The number of nitrogens with zero attached hydrogens (tertiary/aromatic N) is 1. The summed E-state index contributed by atoms with van der Waals surface area (Å²) in [6, 6.07) is 11.0. The molecule has 0 bridgehead atoms. The molecule has 0 saturated carbocycles. The second-order valence-corrected chi connectivity index (χ2v) is 7.68. The first kappa shape index (κ1) is 18.7. The maximum atomic E-state index is 13.3. The van der Waals surface area contributed by atoms with Crippen LogP contribution in [-0.4, -0.2) is 39.0 Å². The summed E-state index contributed by atoms with van der Waals surface area (Å²) in [6.45, 7) is 1.83. The first-order valence-corrected chi connectivity index (χ1v) is 9.42. The molecule has 0 spiro atoms. The first-order chi connectivity index (χ1) is 12.8. The third-order valence-electron chi connectivity index (χ3n) is 4.16. The van der Waals surface area contributed by atoms with Crippen molar-refractivity contribution in [2.24, 2.45) is 0 Å². The van der Waals surface area contributed by atoms with Crippen molar-refractivity contribution in [3.05, 3.63) is 65.4 Å². The van der Waals surface area contributed by atoms with Crippen LogP contribution in [0.1, 0.15) is 26.3 Å². The lowest BCUT2D eigenvalue weighted by Gasteiger charge is -2.08. The summed E-state index contributed by atoms with van der Waals surface area (Å²) in [5.74, 6) is -1.77. The zero-order valence-electron chi connectivity index (χ0n) is 14.9. The highest BCUT2D eigenvalue weighted by molar-refractivity contribution is 7.91. The quantitative estimate of drug-likeness (QED) is 0.639. The lowest BCUT2D eigenvalue weighted by Crippen LogP contribution is -2.15. The van der Waals surface area contributed by atoms with E-state index in [1.54, 1.807) is 24.3 Å². The molecule has 2 heterocycles. The van der Waals surface area contributed by atoms with Crippen molar-refractivity contribution in [1.82, 2.24) is 4.40 Å². The minimum atomic E-state index is -4.13. The number of pyridine rings is 1. The zero-order valence-corrected chi connectivity index (χ0v) is 15.7. The van der Waals surface area contributed by atoms with Crippen molar-refractivity contribution in [1.29, 1.82) is 0 Å². The van der Waals surface area contributed by atoms with E-state index in [0.29, 0.717) is 0 Å². The van der Waals surface area contributed by atoms with Gasteiger partial charge in [0.25, 0.3) is 0 Å². The van der Waals surface area contributed by atoms with Crippen LogP contribution in [0.15, 0.2) is 58.6 Å². The molecule has 0 aliphatic rings. The molecule has 0 fully saturated rings. The van der Waals surface area contributed by atoms with Crippen molar-refractivity contribution < 1.29 is 27.5 Å². The fraction of sp³-hybridized carbons (Fsp3) is 0.158. The molecule has 140 valence electrons. The Labute approximate surface area is 156 Å². The largest absolute Gasteiger partial charge is 0.465 e. The number of methoxy groups -OCH3 is 2. The van der Waals surface area contributed by atoms with Crippen LogP contribution in [0.25, 0.3) is 5.52 Å². The van der Waals surface area contributed by atoms with Gasteiger partial charge in [-0.15, -0.1) is 0 Å². The summed E-state index contributed by atoms with van der Waals surface area (Å²) < 4.78 is 37.5. The van der Waals surface area contributed by atoms with E-state index in [9.17, 15) is 18.0 Å². The summed E-state index contributed by atoms with van der Waals surface area (Å²) in [4.78, 5) is 24.8. The third kappa shape index (κ3) is 2.97. The second kappa shape index (κ2) is 6.88. The van der Waals surface area contributed by atoms with Crippen LogP contribution >= 0.6 is 0 Å². The highest BCUT2D eigenvalue weighted by atomic mass is 32.2. The SMILES string of the molecule is COC(=O)c1c(C(=O)OC)c2ccccn2c1S(=O)(=O)c1ccc(C)cc1. The summed E-state index contributed by atoms with van der Waals surface area (Å²) in [6.07, 6.45) is 1.47. The van der Waals surface area contributed by atoms with Crippen LogP contribution < -0.4 is 0 Å². The number of carbonyl (C=O) groups is 2. The molecule has 27 heavy (non-hydrogen) atoms. The molecule has 3 rings (SSSR count). The predicted molar refractivity (Wildman–Crippen MR) is 96.7 cm³/mol. The number of hydrogen-bond donors (Lipinski definition) is 0. The second-order valence-electron chi connectivity index (χ2n) is 5.81. The molecule has 0 atom stereocenters. The Kier molecular flexibility index (Phi) is 4.75. The summed E-state index contributed by atoms with van der Waals surface area (Å²) in [7, 11) is -1.86. The number of rotatable bonds is 4. The number of hydrogen-bond acceptors (Lipinski definition) is 6. The minimum absolute atomic E-state index is 0.00192. The molecule has 7 nitrogen and oxygen atoms in total. The molecule has 0 unspecified atom stereocenters. The minimum Gasteiger partial charge on any atom is -0.465 e. The Hall–Kier alpha value is -3.13. The number of fused-ring (bicyclic) bond motifs is 1. The van der Waals surface area contributed by atoms with E-state index in [0.717, 1.165) is 19.8 Å². The van der Waals surface area contributed by atoms with Crippen molar-refractivity contribution in [3.63, 3.8) is 0 Å². The highest BCUT2D eigenvalue weighted by Gasteiger charge is 2.36. The molecular weight excluding hydrogens is 370 g/mol. The maximum Gasteiger partial charge on any atom is 0.341 e. The lowest BCUT2D eigenvalue weighted by molar-refractivity contribution is 0.0555. The van der Waals surface area contributed by atoms with E-state index < -0.39 is 21.8 Å². The summed E-state index contributed by atoms with van der Waals surface area (Å²) in [5, 5.41) is -0.339. The molecule has 0 aliphatic carbocycles. The number of carbonyl (C=O) groups excluding carboxylic acids is 2. The first-order valence-electron chi connectivity index (χ1n) is 7.94. The molecule has 0 aliphatic heterocycles. The van der Waals surface area contributed by atoms with Crippen LogP contribution in [0.3, 0.4) is 0 Å². The van der Waals surface area contributed by atoms with Gasteiger partial charge in [0.15, 0.2) is 5.03 Å². The van der Waals surface area contributed by atoms with E-state index in [4.69, 9.17) is 9.47 Å². The van der Waals surface area contributed by atoms with Gasteiger partial charge < -0.3 is 13.9 Å². The van der Waals surface area contributed by atoms with E-state index in [1.165, 1.54) is 28.8 Å². The van der Waals surface area contributed by atoms with Crippen LogP contribution in [0.2, 0.25) is 0 Å². The van der Waals surface area contributed by atoms with Gasteiger partial charge in [0.2, 0.25) is 9.84 Å². The highest BCUT2D eigenvalue weighted by Crippen LogP contribution is 2.32. The summed E-state index contributed by atoms with van der Waals surface area (Å²) >= 11 is 0. The van der Waals surface area contributed by atoms with Crippen molar-refractivity contribution in [2.45, 2.75) is 16.8 Å². The number of esters is 2. The molecule has 0 N–H and O–H groups in total. The molecule has 3 aromatic rings. The fourth-order valence-corrected chi connectivity index (χ4v) is 4.46. The van der Waals surface area contributed by atoms with E-state index in [-0.39, 0.29) is 26.6 Å². The zero-order chi connectivity index (χ0) is 19.8. The Morgan fingerprint density at radius 1 is 0.889 bits per heavy atom. The molecule has 8 heteroatoms. The molecule has 0 amide bonds. The standard InChI is InChI=1S/C19H17NO6S/c1-12-7-9-13(10-8-12)27(23,24)17-16(19(22)26-3)15(18(21)25-2)14-6-4-5-11-20(14)17/h4-11H,1-3H3. The van der Waals surface area contributed by atoms with Crippen molar-refractivity contribution >= 4 is 27.3 Å². The van der Waals surface area contributed by atoms with Gasteiger partial charge in [-0.1, -0.05) is 23.8 Å². The fourth-order valence-electron chi connectivity index (χ4n) is 2.87. The van der Waals surface area contributed by atoms with Gasteiger partial charge in [-0.25, -0.2) is 18.0 Å². The smallest absolute Gasteiger partial charge is 0.341 e. The van der Waals surface area contributed by atoms with Crippen molar-refractivity contribution in [3.8, 4) is 0 Å². The van der Waals surface area contributed by atoms with E-state index >= 15 is 0 Å². The molecule has 2 aromatic heterocycles. The van der Waals surface area contributed by atoms with Crippen LogP contribution in [0.4, 0.5) is 0 Å². The van der Waals surface area contributed by atoms with Gasteiger partial charge in [0.05, 0.1) is 24.6 Å². The molecule has 0 saturated heterocycles. The number of sulfone groups is 1. The van der Waals surface area contributed by atoms with Gasteiger partial charge in [0.1, 0.15) is 11.1 Å². The van der Waals surface area contributed by atoms with Gasteiger partial charge in [-0.05, 0) is 31.2 Å². The molecular formula is C19H17NO6S. The Bertz CT molecular complexity index is 1140. The molecule has 0 radical (unpaired) electrons. The van der Waals surface area contributed by atoms with E-state index in [1.807, 2.05) is 6.92 Å². The average molecular weight is 387 g/mol. The van der Waals surface area contributed by atoms with Crippen molar-refractivity contribution in [2.75, 3.05) is 14.2 Å². The van der Waals surface area contributed by atoms with Gasteiger partial charge in [-0.2, -0.15) is 0 Å². The van der Waals surface area contributed by atoms with Crippen LogP contribution in [-0.2, 0) is 19.3 Å². The van der Waals surface area contributed by atoms with Gasteiger partial charge >= 0.3 is 11.9 Å². The maximum absolute atomic E-state index is 13.3. The predicted octanol–water partition coefficient (Wildman–Crippen LogP) is 2.65. The average Bonchev–Trinajstić information content (AvgIpc) is 3.03. The topological polar surface area (TPSA) is 91.2 Å². The van der Waals surface area contributed by atoms with Gasteiger partial charge in [0, 0.05) is 6.20 Å².